The first kappa shape index (κ1) is 22.0. The molecule has 1 rings (SSSR count). The van der Waals surface area contributed by atoms with Gasteiger partial charge in [-0.1, -0.05) is 12.1 Å². The quantitative estimate of drug-likeness (QED) is 0.295. The molecule has 132 valence electrons. The Balaban J connectivity index is 0.00000484. The van der Waals surface area contributed by atoms with Crippen molar-refractivity contribution in [2.24, 2.45) is 4.99 Å². The molecule has 23 heavy (non-hydrogen) atoms. The average molecular weight is 443 g/mol. The molecule has 0 aliphatic heterocycles. The van der Waals surface area contributed by atoms with E-state index in [-0.39, 0.29) is 24.0 Å². The Labute approximate surface area is 153 Å². The van der Waals surface area contributed by atoms with Gasteiger partial charge in [-0.05, 0) is 37.0 Å². The van der Waals surface area contributed by atoms with Crippen LogP contribution in [0.3, 0.4) is 0 Å². The highest BCUT2D eigenvalue weighted by atomic mass is 127. The second-order valence-corrected chi connectivity index (χ2v) is 5.62. The number of halogens is 4. The number of unbranched alkanes of at least 4 members (excludes halogenated alkanes) is 1. The zero-order chi connectivity index (χ0) is 16.8. The Morgan fingerprint density at radius 1 is 0.957 bits per heavy atom. The Bertz CT molecular complexity index is 472. The van der Waals surface area contributed by atoms with E-state index < -0.39 is 11.7 Å². The van der Waals surface area contributed by atoms with Gasteiger partial charge in [0.15, 0.2) is 5.96 Å². The van der Waals surface area contributed by atoms with Gasteiger partial charge in [0.25, 0.3) is 0 Å². The molecule has 1 aromatic carbocycles. The van der Waals surface area contributed by atoms with Gasteiger partial charge in [-0.3, -0.25) is 4.99 Å². The van der Waals surface area contributed by atoms with E-state index in [1.165, 1.54) is 0 Å². The lowest BCUT2D eigenvalue weighted by molar-refractivity contribution is -0.137. The minimum Gasteiger partial charge on any atom is -0.349 e. The normalized spacial score (nSPS) is 10.7. The Hall–Kier alpha value is -0.990. The number of benzene rings is 1. The second kappa shape index (κ2) is 10.00. The molecule has 0 bridgehead atoms. The van der Waals surface area contributed by atoms with Crippen molar-refractivity contribution in [3.8, 4) is 0 Å². The van der Waals surface area contributed by atoms with Crippen LogP contribution < -0.4 is 0 Å². The van der Waals surface area contributed by atoms with E-state index in [2.05, 4.69) is 4.99 Å². The number of hydrogen-bond acceptors (Lipinski definition) is 1. The van der Waals surface area contributed by atoms with Crippen LogP contribution in [0.2, 0.25) is 0 Å². The summed E-state index contributed by atoms with van der Waals surface area (Å²) in [5.41, 5.74) is 0.333. The molecule has 0 N–H and O–H groups in total. The van der Waals surface area contributed by atoms with Crippen LogP contribution in [0.4, 0.5) is 13.2 Å². The van der Waals surface area contributed by atoms with E-state index in [1.54, 1.807) is 12.1 Å². The Morgan fingerprint density at radius 2 is 1.48 bits per heavy atom. The Morgan fingerprint density at radius 3 is 1.91 bits per heavy atom. The number of hydrogen-bond donors (Lipinski definition) is 0. The number of guanidine groups is 1. The van der Waals surface area contributed by atoms with E-state index in [0.717, 1.165) is 42.9 Å². The van der Waals surface area contributed by atoms with Crippen molar-refractivity contribution in [3.05, 3.63) is 35.4 Å². The molecular formula is C16H25F3IN3. The number of alkyl halides is 3. The smallest absolute Gasteiger partial charge is 0.349 e. The predicted molar refractivity (Wildman–Crippen MR) is 99.5 cm³/mol. The maximum Gasteiger partial charge on any atom is 0.416 e. The van der Waals surface area contributed by atoms with Gasteiger partial charge >= 0.3 is 6.18 Å². The molecule has 0 heterocycles. The van der Waals surface area contributed by atoms with Crippen LogP contribution in [-0.4, -0.2) is 50.5 Å². The minimum atomic E-state index is -4.26. The molecule has 7 heteroatoms. The van der Waals surface area contributed by atoms with E-state index in [0.29, 0.717) is 6.54 Å². The number of rotatable bonds is 5. The summed E-state index contributed by atoms with van der Waals surface area (Å²) in [5, 5.41) is 0. The van der Waals surface area contributed by atoms with Crippen molar-refractivity contribution in [1.82, 2.24) is 9.80 Å². The largest absolute Gasteiger partial charge is 0.416 e. The third-order valence-corrected chi connectivity index (χ3v) is 3.21. The van der Waals surface area contributed by atoms with Crippen LogP contribution in [0, 0.1) is 0 Å². The first-order valence-corrected chi connectivity index (χ1v) is 7.27. The lowest BCUT2D eigenvalue weighted by Crippen LogP contribution is -2.35. The van der Waals surface area contributed by atoms with Crippen LogP contribution in [0.25, 0.3) is 0 Å². The summed E-state index contributed by atoms with van der Waals surface area (Å²) in [6.07, 6.45) is -1.68. The topological polar surface area (TPSA) is 18.8 Å². The average Bonchev–Trinajstić information content (AvgIpc) is 2.41. The number of nitrogens with zero attached hydrogens (tertiary/aromatic N) is 3. The lowest BCUT2D eigenvalue weighted by atomic mass is 10.1. The predicted octanol–water partition coefficient (Wildman–Crippen LogP) is 4.13. The molecule has 0 saturated heterocycles. The first-order valence-electron chi connectivity index (χ1n) is 7.27. The van der Waals surface area contributed by atoms with Gasteiger partial charge < -0.3 is 9.80 Å². The highest BCUT2D eigenvalue weighted by molar-refractivity contribution is 14.0. The summed E-state index contributed by atoms with van der Waals surface area (Å²) in [7, 11) is 7.78. The van der Waals surface area contributed by atoms with E-state index in [9.17, 15) is 13.2 Å². The molecule has 0 aliphatic carbocycles. The Kier molecular flexibility index (Phi) is 9.57. The number of aryl methyl sites for hydroxylation is 1. The summed E-state index contributed by atoms with van der Waals surface area (Å²) < 4.78 is 37.4. The van der Waals surface area contributed by atoms with Gasteiger partial charge in [0, 0.05) is 34.7 Å². The monoisotopic (exact) mass is 443 g/mol. The molecule has 0 amide bonds. The van der Waals surface area contributed by atoms with Crippen molar-refractivity contribution in [3.63, 3.8) is 0 Å². The van der Waals surface area contributed by atoms with E-state index in [1.807, 2.05) is 38.0 Å². The molecule has 0 spiro atoms. The summed E-state index contributed by atoms with van der Waals surface area (Å²) in [6.45, 7) is 0.715. The van der Waals surface area contributed by atoms with E-state index >= 15 is 0 Å². The maximum atomic E-state index is 12.5. The van der Waals surface area contributed by atoms with Crippen LogP contribution >= 0.6 is 24.0 Å². The van der Waals surface area contributed by atoms with Crippen molar-refractivity contribution >= 4 is 29.9 Å². The van der Waals surface area contributed by atoms with Gasteiger partial charge in [0.2, 0.25) is 0 Å². The molecule has 0 unspecified atom stereocenters. The molecule has 0 aromatic heterocycles. The molecule has 0 aliphatic rings. The van der Waals surface area contributed by atoms with Crippen LogP contribution in [-0.2, 0) is 12.6 Å². The third kappa shape index (κ3) is 7.90. The molecule has 0 saturated carbocycles. The molecule has 0 radical (unpaired) electrons. The van der Waals surface area contributed by atoms with Crippen LogP contribution in [0.5, 0.6) is 0 Å². The van der Waals surface area contributed by atoms with Crippen molar-refractivity contribution in [2.75, 3.05) is 34.7 Å². The highest BCUT2D eigenvalue weighted by Crippen LogP contribution is 2.29. The zero-order valence-corrected chi connectivity index (χ0v) is 16.4. The van der Waals surface area contributed by atoms with Crippen LogP contribution in [0.1, 0.15) is 24.0 Å². The standard InChI is InChI=1S/C16H24F3N3.HI/c1-21(2)15(22(3)4)20-12-6-5-7-13-8-10-14(11-9-13)16(17,18)19;/h8-11H,5-7,12H2,1-4H3;1H. The minimum absolute atomic E-state index is 0. The fourth-order valence-corrected chi connectivity index (χ4v) is 2.16. The fourth-order valence-electron chi connectivity index (χ4n) is 2.16. The molecule has 0 atom stereocenters. The fraction of sp³-hybridized carbons (Fsp3) is 0.562. The van der Waals surface area contributed by atoms with Gasteiger partial charge in [0.05, 0.1) is 5.56 Å². The second-order valence-electron chi connectivity index (χ2n) is 5.62. The highest BCUT2D eigenvalue weighted by Gasteiger charge is 2.29. The van der Waals surface area contributed by atoms with Crippen molar-refractivity contribution in [2.45, 2.75) is 25.4 Å². The molecular weight excluding hydrogens is 418 g/mol. The summed E-state index contributed by atoms with van der Waals surface area (Å²) in [5.74, 6) is 0.912. The molecule has 3 nitrogen and oxygen atoms in total. The molecule has 0 fully saturated rings. The maximum absolute atomic E-state index is 12.5. The number of aliphatic imine (C=N–C) groups is 1. The zero-order valence-electron chi connectivity index (χ0n) is 14.0. The van der Waals surface area contributed by atoms with Gasteiger partial charge in [-0.15, -0.1) is 24.0 Å². The van der Waals surface area contributed by atoms with Gasteiger partial charge in [-0.25, -0.2) is 0 Å². The van der Waals surface area contributed by atoms with Crippen molar-refractivity contribution < 1.29 is 13.2 Å². The summed E-state index contributed by atoms with van der Waals surface area (Å²) >= 11 is 0. The molecule has 1 aromatic rings. The first-order chi connectivity index (χ1) is 10.2. The van der Waals surface area contributed by atoms with Crippen molar-refractivity contribution in [1.29, 1.82) is 0 Å². The van der Waals surface area contributed by atoms with Crippen LogP contribution in [0.15, 0.2) is 29.3 Å². The lowest BCUT2D eigenvalue weighted by Gasteiger charge is -2.22. The van der Waals surface area contributed by atoms with Gasteiger partial charge in [0.1, 0.15) is 0 Å². The van der Waals surface area contributed by atoms with E-state index in [4.69, 9.17) is 0 Å². The van der Waals surface area contributed by atoms with Gasteiger partial charge in [-0.2, -0.15) is 13.2 Å². The summed E-state index contributed by atoms with van der Waals surface area (Å²) in [4.78, 5) is 8.43. The SMILES string of the molecule is CN(C)C(=NCCCCc1ccc(C(F)(F)F)cc1)N(C)C.I. The summed E-state index contributed by atoms with van der Waals surface area (Å²) in [6, 6.07) is 5.39. The third-order valence-electron chi connectivity index (χ3n) is 3.21.